The molecule has 12 heteroatoms. The van der Waals surface area contributed by atoms with E-state index in [1.165, 1.54) is 4.90 Å². The van der Waals surface area contributed by atoms with Crippen molar-refractivity contribution in [1.82, 2.24) is 4.98 Å². The van der Waals surface area contributed by atoms with Crippen LogP contribution in [0.2, 0.25) is 0 Å². The average Bonchev–Trinajstić information content (AvgIpc) is 2.75. The lowest BCUT2D eigenvalue weighted by molar-refractivity contribution is -0.117. The van der Waals surface area contributed by atoms with E-state index in [2.05, 4.69) is 21.6 Å². The molecule has 1 aromatic heterocycles. The molecule has 0 saturated carbocycles. The number of carbonyl (C=O) groups excluding carboxylic acids is 1. The van der Waals surface area contributed by atoms with E-state index < -0.39 is 19.0 Å². The summed E-state index contributed by atoms with van der Waals surface area (Å²) in [5, 5.41) is 18.9. The van der Waals surface area contributed by atoms with E-state index in [0.29, 0.717) is 17.5 Å². The minimum atomic E-state index is -4.64. The highest BCUT2D eigenvalue weighted by Crippen LogP contribution is 2.39. The molecule has 2 rings (SSSR count). The molecule has 0 aliphatic heterocycles. The fraction of sp³-hybridized carbons (Fsp3) is 0.300. The number of thioether (sulfide) groups is 1. The number of hydrogen-bond donors (Lipinski definition) is 3. The van der Waals surface area contributed by atoms with Crippen molar-refractivity contribution in [2.75, 3.05) is 25.1 Å². The summed E-state index contributed by atoms with van der Waals surface area (Å²) in [4.78, 5) is 35.9. The van der Waals surface area contributed by atoms with Gasteiger partial charge in [0.2, 0.25) is 5.91 Å². The van der Waals surface area contributed by atoms with Crippen LogP contribution < -0.4 is 10.6 Å². The van der Waals surface area contributed by atoms with E-state index in [-0.39, 0.29) is 35.1 Å². The average molecular weight is 475 g/mol. The van der Waals surface area contributed by atoms with Gasteiger partial charge < -0.3 is 20.4 Å². The Balaban J connectivity index is 2.54. The van der Waals surface area contributed by atoms with Gasteiger partial charge in [-0.05, 0) is 17.5 Å². The molecule has 0 aliphatic carbocycles. The quantitative estimate of drug-likeness (QED) is 0.341. The van der Waals surface area contributed by atoms with E-state index >= 15 is 0 Å². The normalized spacial score (nSPS) is 11.9. The number of nitriles is 2. The van der Waals surface area contributed by atoms with Crippen LogP contribution in [0.25, 0.3) is 0 Å². The molecule has 0 spiro atoms. The van der Waals surface area contributed by atoms with Crippen LogP contribution in [-0.2, 0) is 20.3 Å². The van der Waals surface area contributed by atoms with Crippen molar-refractivity contribution in [1.29, 1.82) is 10.5 Å². The van der Waals surface area contributed by atoms with Crippen LogP contribution in [0.5, 0.6) is 0 Å². The molecule has 1 atom stereocenters. The van der Waals surface area contributed by atoms with Crippen molar-refractivity contribution in [3.63, 3.8) is 0 Å². The van der Waals surface area contributed by atoms with Gasteiger partial charge in [0, 0.05) is 13.6 Å². The van der Waals surface area contributed by atoms with Crippen LogP contribution in [0.3, 0.4) is 0 Å². The zero-order valence-corrected chi connectivity index (χ0v) is 19.1. The number of pyridine rings is 1. The molecule has 4 N–H and O–H groups in total. The minimum absolute atomic E-state index is 0.0177. The first kappa shape index (κ1) is 25.3. The van der Waals surface area contributed by atoms with Crippen molar-refractivity contribution in [2.45, 2.75) is 23.6 Å². The van der Waals surface area contributed by atoms with Gasteiger partial charge in [0.1, 0.15) is 28.2 Å². The standard InChI is InChI=1S/C20H22N5O5PS/c1-3-14-15(11-21)19(25(2)9-10-30-31(27,28)29)24-20(16(14)12-22)32-17(18(23)26)13-7-5-4-6-8-13/h4-8,17H,3,9-10H2,1-2H3,(H2,23,26)(H2,27,28,29). The summed E-state index contributed by atoms with van der Waals surface area (Å²) in [7, 11) is -3.07. The van der Waals surface area contributed by atoms with Crippen LogP contribution in [0.1, 0.15) is 34.4 Å². The molecular formula is C20H22N5O5PS. The highest BCUT2D eigenvalue weighted by Gasteiger charge is 2.27. The molecule has 1 amide bonds. The van der Waals surface area contributed by atoms with E-state index in [9.17, 15) is 19.9 Å². The summed E-state index contributed by atoms with van der Waals surface area (Å²) in [5.41, 5.74) is 7.07. The molecule has 1 heterocycles. The summed E-state index contributed by atoms with van der Waals surface area (Å²) in [5.74, 6) is -0.407. The van der Waals surface area contributed by atoms with Crippen molar-refractivity contribution in [3.8, 4) is 12.1 Å². The molecule has 10 nitrogen and oxygen atoms in total. The van der Waals surface area contributed by atoms with Crippen molar-refractivity contribution in [2.24, 2.45) is 5.73 Å². The van der Waals surface area contributed by atoms with Crippen LogP contribution in [0.4, 0.5) is 5.82 Å². The molecule has 168 valence electrons. The number of carbonyl (C=O) groups is 1. The second-order valence-corrected chi connectivity index (χ2v) is 8.94. The number of hydrogen-bond acceptors (Lipinski definition) is 8. The van der Waals surface area contributed by atoms with Gasteiger partial charge in [-0.1, -0.05) is 49.0 Å². The Morgan fingerprint density at radius 1 is 1.28 bits per heavy atom. The summed E-state index contributed by atoms with van der Waals surface area (Å²) in [6.45, 7) is 1.49. The number of nitrogens with zero attached hydrogens (tertiary/aromatic N) is 4. The molecular weight excluding hydrogens is 453 g/mol. The van der Waals surface area contributed by atoms with Gasteiger partial charge >= 0.3 is 7.82 Å². The molecule has 0 aliphatic rings. The van der Waals surface area contributed by atoms with Gasteiger partial charge in [0.25, 0.3) is 0 Å². The molecule has 1 unspecified atom stereocenters. The van der Waals surface area contributed by atoms with Crippen LogP contribution in [0, 0.1) is 22.7 Å². The smallest absolute Gasteiger partial charge is 0.368 e. The zero-order valence-electron chi connectivity index (χ0n) is 17.4. The second kappa shape index (κ2) is 11.1. The number of primary amides is 1. The third-order valence-corrected chi connectivity index (χ3v) is 6.24. The SMILES string of the molecule is CCc1c(C#N)c(SC(C(N)=O)c2ccccc2)nc(N(C)CCOP(=O)(O)O)c1C#N. The Kier molecular flexibility index (Phi) is 8.79. The summed E-state index contributed by atoms with van der Waals surface area (Å²) in [6.07, 6.45) is 0.355. The molecule has 0 radical (unpaired) electrons. The largest absolute Gasteiger partial charge is 0.469 e. The first-order valence-electron chi connectivity index (χ1n) is 9.42. The number of benzene rings is 1. The first-order chi connectivity index (χ1) is 15.1. The Hall–Kier alpha value is -2.92. The summed E-state index contributed by atoms with van der Waals surface area (Å²) in [6, 6.07) is 13.0. The van der Waals surface area contributed by atoms with Gasteiger partial charge in [-0.15, -0.1) is 0 Å². The maximum Gasteiger partial charge on any atom is 0.469 e. The van der Waals surface area contributed by atoms with Crippen LogP contribution in [-0.4, -0.2) is 40.9 Å². The number of rotatable bonds is 10. The Labute approximate surface area is 189 Å². The van der Waals surface area contributed by atoms with E-state index in [1.54, 1.807) is 44.3 Å². The Morgan fingerprint density at radius 3 is 2.41 bits per heavy atom. The number of likely N-dealkylation sites (N-methyl/N-ethyl adjacent to an activating group) is 1. The molecule has 32 heavy (non-hydrogen) atoms. The number of amides is 1. The van der Waals surface area contributed by atoms with E-state index in [1.807, 2.05) is 0 Å². The van der Waals surface area contributed by atoms with Crippen LogP contribution >= 0.6 is 19.6 Å². The van der Waals surface area contributed by atoms with E-state index in [4.69, 9.17) is 15.5 Å². The monoisotopic (exact) mass is 475 g/mol. The van der Waals surface area contributed by atoms with Gasteiger partial charge in [0.15, 0.2) is 0 Å². The van der Waals surface area contributed by atoms with Crippen molar-refractivity contribution in [3.05, 3.63) is 52.6 Å². The molecule has 2 aromatic rings. The van der Waals surface area contributed by atoms with E-state index in [0.717, 1.165) is 11.8 Å². The lowest BCUT2D eigenvalue weighted by Gasteiger charge is -2.23. The molecule has 0 bridgehead atoms. The third-order valence-electron chi connectivity index (χ3n) is 4.46. The Bertz CT molecular complexity index is 1110. The third kappa shape index (κ3) is 6.30. The topological polar surface area (TPSA) is 174 Å². The number of phosphoric acid groups is 1. The number of anilines is 1. The predicted octanol–water partition coefficient (Wildman–Crippen LogP) is 2.25. The molecule has 0 saturated heterocycles. The fourth-order valence-electron chi connectivity index (χ4n) is 2.98. The zero-order chi connectivity index (χ0) is 23.9. The first-order valence-corrected chi connectivity index (χ1v) is 11.8. The van der Waals surface area contributed by atoms with Crippen molar-refractivity contribution >= 4 is 31.3 Å². The summed E-state index contributed by atoms with van der Waals surface area (Å²) < 4.78 is 15.4. The molecule has 1 aromatic carbocycles. The minimum Gasteiger partial charge on any atom is -0.368 e. The van der Waals surface area contributed by atoms with Gasteiger partial charge in [0.05, 0.1) is 17.7 Å². The fourth-order valence-corrected chi connectivity index (χ4v) is 4.36. The maximum absolute atomic E-state index is 12.2. The predicted molar refractivity (Wildman–Crippen MR) is 119 cm³/mol. The van der Waals surface area contributed by atoms with Gasteiger partial charge in [-0.3, -0.25) is 9.32 Å². The highest BCUT2D eigenvalue weighted by molar-refractivity contribution is 8.00. The second-order valence-electron chi connectivity index (χ2n) is 6.60. The van der Waals surface area contributed by atoms with Gasteiger partial charge in [-0.25, -0.2) is 9.55 Å². The lowest BCUT2D eigenvalue weighted by Crippen LogP contribution is -2.25. The number of phosphoric ester groups is 1. The molecule has 0 fully saturated rings. The van der Waals surface area contributed by atoms with Crippen molar-refractivity contribution < 1.29 is 23.7 Å². The maximum atomic E-state index is 12.2. The highest BCUT2D eigenvalue weighted by atomic mass is 32.2. The lowest BCUT2D eigenvalue weighted by atomic mass is 10.0. The Morgan fingerprint density at radius 2 is 1.91 bits per heavy atom. The summed E-state index contributed by atoms with van der Waals surface area (Å²) >= 11 is 1.01. The number of nitrogens with two attached hydrogens (primary N) is 1. The van der Waals surface area contributed by atoms with Crippen LogP contribution in [0.15, 0.2) is 35.4 Å². The van der Waals surface area contributed by atoms with Gasteiger partial charge in [-0.2, -0.15) is 10.5 Å². The number of aromatic nitrogens is 1.